The maximum absolute atomic E-state index is 5.79. The summed E-state index contributed by atoms with van der Waals surface area (Å²) >= 11 is 5.15. The van der Waals surface area contributed by atoms with Crippen LogP contribution >= 0.6 is 12.2 Å². The highest BCUT2D eigenvalue weighted by molar-refractivity contribution is 7.71. The number of anilines is 1. The highest BCUT2D eigenvalue weighted by Gasteiger charge is 2.13. The standard InChI is InChI=1S/C12H13N3S/c1-2-9-8-11(13)12(16)14-15(9)10-6-4-3-5-7-10/h3-8,13H,2H2,1H3,(H,14,16)/p+1. The highest BCUT2D eigenvalue weighted by atomic mass is 32.1. The van der Waals surface area contributed by atoms with Crippen LogP contribution in [0.1, 0.15) is 12.6 Å². The molecule has 0 bridgehead atoms. The van der Waals surface area contributed by atoms with Gasteiger partial charge in [-0.2, -0.15) is 0 Å². The van der Waals surface area contributed by atoms with Gasteiger partial charge in [-0.3, -0.25) is 0 Å². The minimum Gasteiger partial charge on any atom is -0.396 e. The SMILES string of the molecule is CCc1cc(N)c(=S)[nH][n+]1-c1ccccc1. The summed E-state index contributed by atoms with van der Waals surface area (Å²) < 4.78 is 2.54. The van der Waals surface area contributed by atoms with Crippen molar-refractivity contribution in [1.29, 1.82) is 0 Å². The Labute approximate surface area is 99.5 Å². The van der Waals surface area contributed by atoms with Crippen molar-refractivity contribution in [2.75, 3.05) is 5.73 Å². The molecular formula is C12H14N3S+. The van der Waals surface area contributed by atoms with Gasteiger partial charge in [-0.05, 0) is 0 Å². The first kappa shape index (κ1) is 10.8. The number of nitrogens with zero attached hydrogens (tertiary/aromatic N) is 1. The molecule has 0 saturated carbocycles. The number of nitrogens with two attached hydrogens (primary N) is 1. The van der Waals surface area contributed by atoms with Gasteiger partial charge < -0.3 is 5.73 Å². The smallest absolute Gasteiger partial charge is 0.235 e. The zero-order valence-corrected chi connectivity index (χ0v) is 9.92. The molecule has 0 aliphatic rings. The second-order valence-corrected chi connectivity index (χ2v) is 3.96. The molecule has 3 nitrogen and oxygen atoms in total. The van der Waals surface area contributed by atoms with Crippen LogP contribution in [-0.4, -0.2) is 5.10 Å². The van der Waals surface area contributed by atoms with Crippen molar-refractivity contribution in [3.63, 3.8) is 0 Å². The third-order valence-corrected chi connectivity index (χ3v) is 2.79. The van der Waals surface area contributed by atoms with Crippen LogP contribution in [-0.2, 0) is 6.42 Å². The first-order valence-corrected chi connectivity index (χ1v) is 5.62. The largest absolute Gasteiger partial charge is 0.396 e. The number of rotatable bonds is 2. The van der Waals surface area contributed by atoms with E-state index in [-0.39, 0.29) is 0 Å². The molecule has 0 fully saturated rings. The number of aryl methyl sites for hydroxylation is 1. The van der Waals surface area contributed by atoms with Crippen LogP contribution in [0.4, 0.5) is 5.69 Å². The molecule has 3 N–H and O–H groups in total. The number of aromatic amines is 1. The van der Waals surface area contributed by atoms with Gasteiger partial charge in [0.1, 0.15) is 0 Å². The van der Waals surface area contributed by atoms with E-state index in [1.54, 1.807) is 0 Å². The molecule has 0 saturated heterocycles. The summed E-state index contributed by atoms with van der Waals surface area (Å²) in [6.07, 6.45) is 0.894. The van der Waals surface area contributed by atoms with Crippen LogP contribution in [0.25, 0.3) is 5.69 Å². The number of para-hydroxylation sites is 1. The van der Waals surface area contributed by atoms with Crippen LogP contribution < -0.4 is 10.4 Å². The summed E-state index contributed by atoms with van der Waals surface area (Å²) in [5.41, 5.74) is 8.59. The average Bonchev–Trinajstić information content (AvgIpc) is 2.33. The molecular weight excluding hydrogens is 218 g/mol. The van der Waals surface area contributed by atoms with Crippen molar-refractivity contribution in [1.82, 2.24) is 5.10 Å². The fourth-order valence-electron chi connectivity index (χ4n) is 1.62. The van der Waals surface area contributed by atoms with E-state index in [2.05, 4.69) is 12.0 Å². The minimum atomic E-state index is 0.570. The van der Waals surface area contributed by atoms with Crippen molar-refractivity contribution < 1.29 is 4.68 Å². The monoisotopic (exact) mass is 232 g/mol. The molecule has 0 aliphatic heterocycles. The molecule has 0 spiro atoms. The average molecular weight is 232 g/mol. The summed E-state index contributed by atoms with van der Waals surface area (Å²) in [5.74, 6) is 0. The maximum atomic E-state index is 5.79. The second-order valence-electron chi connectivity index (χ2n) is 3.56. The molecule has 0 atom stereocenters. The predicted octanol–water partition coefficient (Wildman–Crippen LogP) is 2.17. The number of benzene rings is 1. The summed E-state index contributed by atoms with van der Waals surface area (Å²) in [6, 6.07) is 12.0. The zero-order chi connectivity index (χ0) is 11.5. The van der Waals surface area contributed by atoms with Gasteiger partial charge in [0, 0.05) is 24.6 Å². The van der Waals surface area contributed by atoms with E-state index in [0.29, 0.717) is 10.3 Å². The molecule has 2 rings (SSSR count). The molecule has 16 heavy (non-hydrogen) atoms. The van der Waals surface area contributed by atoms with Gasteiger partial charge in [0.05, 0.1) is 5.69 Å². The molecule has 0 aliphatic carbocycles. The molecule has 0 radical (unpaired) electrons. The minimum absolute atomic E-state index is 0.570. The Hall–Kier alpha value is -1.68. The van der Waals surface area contributed by atoms with E-state index >= 15 is 0 Å². The predicted molar refractivity (Wildman–Crippen MR) is 66.9 cm³/mol. The van der Waals surface area contributed by atoms with Crippen molar-refractivity contribution in [2.45, 2.75) is 13.3 Å². The van der Waals surface area contributed by atoms with E-state index in [0.717, 1.165) is 17.8 Å². The Bertz CT molecular complexity index is 546. The molecule has 1 aromatic carbocycles. The highest BCUT2D eigenvalue weighted by Crippen LogP contribution is 2.06. The van der Waals surface area contributed by atoms with Gasteiger partial charge in [-0.25, -0.2) is 0 Å². The number of aromatic nitrogens is 2. The Morgan fingerprint density at radius 3 is 2.62 bits per heavy atom. The number of H-pyrrole nitrogens is 1. The van der Waals surface area contributed by atoms with Crippen LogP contribution in [0.2, 0.25) is 0 Å². The van der Waals surface area contributed by atoms with E-state index in [4.69, 9.17) is 18.0 Å². The van der Waals surface area contributed by atoms with Crippen LogP contribution in [0, 0.1) is 4.64 Å². The summed E-state index contributed by atoms with van der Waals surface area (Å²) in [6.45, 7) is 2.09. The third-order valence-electron chi connectivity index (χ3n) is 2.46. The van der Waals surface area contributed by atoms with Crippen LogP contribution in [0.5, 0.6) is 0 Å². The van der Waals surface area contributed by atoms with E-state index in [1.807, 2.05) is 41.1 Å². The molecule has 4 heteroatoms. The molecule has 82 valence electrons. The van der Waals surface area contributed by atoms with Crippen molar-refractivity contribution >= 4 is 17.9 Å². The number of hydrogen-bond acceptors (Lipinski definition) is 2. The van der Waals surface area contributed by atoms with Gasteiger partial charge in [0.2, 0.25) is 11.4 Å². The van der Waals surface area contributed by atoms with Gasteiger partial charge >= 0.3 is 0 Å². The summed E-state index contributed by atoms with van der Waals surface area (Å²) in [7, 11) is 0. The number of hydrogen-bond donors (Lipinski definition) is 2. The van der Waals surface area contributed by atoms with Gasteiger partial charge in [-0.15, -0.1) is 5.10 Å². The number of nitrogen functional groups attached to an aromatic ring is 1. The normalized spacial score (nSPS) is 10.3. The van der Waals surface area contributed by atoms with Crippen LogP contribution in [0.3, 0.4) is 0 Å². The van der Waals surface area contributed by atoms with Crippen molar-refractivity contribution in [2.24, 2.45) is 0 Å². The summed E-state index contributed by atoms with van der Waals surface area (Å²) in [5, 5.41) is 3.12. The Morgan fingerprint density at radius 2 is 2.00 bits per heavy atom. The van der Waals surface area contributed by atoms with Gasteiger partial charge in [0.25, 0.3) is 0 Å². The molecule has 2 aromatic rings. The first-order chi connectivity index (χ1) is 7.72. The van der Waals surface area contributed by atoms with Gasteiger partial charge in [-0.1, -0.05) is 42.0 Å². The lowest BCUT2D eigenvalue weighted by atomic mass is 10.2. The van der Waals surface area contributed by atoms with Crippen LogP contribution in [0.15, 0.2) is 36.4 Å². The lowest BCUT2D eigenvalue weighted by molar-refractivity contribution is -0.667. The van der Waals surface area contributed by atoms with E-state index < -0.39 is 0 Å². The Kier molecular flexibility index (Phi) is 3.01. The Morgan fingerprint density at radius 1 is 1.31 bits per heavy atom. The Balaban J connectivity index is 2.65. The first-order valence-electron chi connectivity index (χ1n) is 5.21. The molecule has 1 aromatic heterocycles. The van der Waals surface area contributed by atoms with E-state index in [1.165, 1.54) is 0 Å². The molecule has 0 unspecified atom stereocenters. The summed E-state index contributed by atoms with van der Waals surface area (Å²) in [4.78, 5) is 0. The van der Waals surface area contributed by atoms with Crippen molar-refractivity contribution in [3.8, 4) is 5.69 Å². The second kappa shape index (κ2) is 4.45. The maximum Gasteiger partial charge on any atom is 0.235 e. The fraction of sp³-hybridized carbons (Fsp3) is 0.167. The molecule has 0 amide bonds. The molecule has 1 heterocycles. The lowest BCUT2D eigenvalue weighted by Gasteiger charge is -2.01. The fourth-order valence-corrected chi connectivity index (χ4v) is 1.77. The topological polar surface area (TPSA) is 45.7 Å². The lowest BCUT2D eigenvalue weighted by Crippen LogP contribution is -2.40. The number of nitrogens with one attached hydrogen (secondary N) is 1. The van der Waals surface area contributed by atoms with Gasteiger partial charge in [0.15, 0.2) is 4.64 Å². The zero-order valence-electron chi connectivity index (χ0n) is 9.10. The third kappa shape index (κ3) is 1.97. The van der Waals surface area contributed by atoms with E-state index in [9.17, 15) is 0 Å². The van der Waals surface area contributed by atoms with Crippen molar-refractivity contribution in [3.05, 3.63) is 46.7 Å². The quantitative estimate of drug-likeness (QED) is 0.615.